The van der Waals surface area contributed by atoms with Crippen LogP contribution in [0, 0.1) is 0 Å². The number of aromatic nitrogens is 3. The van der Waals surface area contributed by atoms with E-state index in [4.69, 9.17) is 11.6 Å². The predicted octanol–water partition coefficient (Wildman–Crippen LogP) is 3.62. The van der Waals surface area contributed by atoms with Crippen LogP contribution in [-0.2, 0) is 0 Å². The van der Waals surface area contributed by atoms with Gasteiger partial charge in [0, 0.05) is 16.3 Å². The van der Waals surface area contributed by atoms with Gasteiger partial charge in [0.25, 0.3) is 0 Å². The number of rotatable bonds is 3. The summed E-state index contributed by atoms with van der Waals surface area (Å²) in [4.78, 5) is 4.01. The molecule has 2 heterocycles. The summed E-state index contributed by atoms with van der Waals surface area (Å²) in [5.74, 6) is 1.25. The molecule has 1 fully saturated rings. The van der Waals surface area contributed by atoms with E-state index < -0.39 is 0 Å². The van der Waals surface area contributed by atoms with E-state index in [1.54, 1.807) is 11.0 Å². The third-order valence-corrected chi connectivity index (χ3v) is 5.19. The third-order valence-electron chi connectivity index (χ3n) is 3.57. The zero-order valence-electron chi connectivity index (χ0n) is 11.3. The van der Waals surface area contributed by atoms with Gasteiger partial charge in [0.1, 0.15) is 12.7 Å². The van der Waals surface area contributed by atoms with Crippen LogP contribution in [0.15, 0.2) is 30.9 Å². The molecule has 1 aromatic heterocycles. The fourth-order valence-electron chi connectivity index (χ4n) is 2.47. The summed E-state index contributed by atoms with van der Waals surface area (Å²) in [6.07, 6.45) is 5.69. The maximum atomic E-state index is 6.14. The zero-order chi connectivity index (χ0) is 13.9. The Morgan fingerprint density at radius 3 is 3.10 bits per heavy atom. The Labute approximate surface area is 127 Å². The van der Waals surface area contributed by atoms with E-state index in [2.05, 4.69) is 22.3 Å². The number of nitrogens with one attached hydrogen (secondary N) is 1. The van der Waals surface area contributed by atoms with Crippen LogP contribution in [0.1, 0.15) is 19.8 Å². The minimum absolute atomic E-state index is 0.467. The Bertz CT molecular complexity index is 573. The summed E-state index contributed by atoms with van der Waals surface area (Å²) in [7, 11) is 0. The van der Waals surface area contributed by atoms with E-state index in [0.717, 1.165) is 16.4 Å². The largest absolute Gasteiger partial charge is 0.379 e. The predicted molar refractivity (Wildman–Crippen MR) is 84.9 cm³/mol. The Balaban J connectivity index is 1.89. The molecule has 1 aromatic carbocycles. The molecule has 1 aliphatic heterocycles. The van der Waals surface area contributed by atoms with Gasteiger partial charge in [0.05, 0.1) is 11.4 Å². The maximum Gasteiger partial charge on any atom is 0.138 e. The van der Waals surface area contributed by atoms with Crippen LogP contribution in [0.25, 0.3) is 5.69 Å². The van der Waals surface area contributed by atoms with Gasteiger partial charge >= 0.3 is 0 Å². The van der Waals surface area contributed by atoms with Gasteiger partial charge in [-0.15, -0.1) is 0 Å². The van der Waals surface area contributed by atoms with Gasteiger partial charge in [0.2, 0.25) is 0 Å². The molecule has 0 saturated carbocycles. The van der Waals surface area contributed by atoms with Gasteiger partial charge in [-0.1, -0.05) is 18.5 Å². The summed E-state index contributed by atoms with van der Waals surface area (Å²) in [6, 6.07) is 6.28. The molecule has 2 atom stereocenters. The Morgan fingerprint density at radius 1 is 1.45 bits per heavy atom. The van der Waals surface area contributed by atoms with Crippen molar-refractivity contribution >= 4 is 29.1 Å². The normalized spacial score (nSPS) is 22.7. The number of anilines is 1. The van der Waals surface area contributed by atoms with Gasteiger partial charge in [-0.25, -0.2) is 9.67 Å². The molecular weight excluding hydrogens is 292 g/mol. The minimum atomic E-state index is 0.467. The van der Waals surface area contributed by atoms with Crippen molar-refractivity contribution in [1.82, 2.24) is 14.8 Å². The molecule has 3 rings (SSSR count). The lowest BCUT2D eigenvalue weighted by Gasteiger charge is -2.30. The number of nitrogens with zero attached hydrogens (tertiary/aromatic N) is 3. The number of thioether (sulfide) groups is 1. The minimum Gasteiger partial charge on any atom is -0.379 e. The summed E-state index contributed by atoms with van der Waals surface area (Å²) >= 11 is 8.16. The van der Waals surface area contributed by atoms with E-state index in [9.17, 15) is 0 Å². The van der Waals surface area contributed by atoms with Crippen LogP contribution in [0.2, 0.25) is 5.02 Å². The molecule has 4 nitrogen and oxygen atoms in total. The zero-order valence-corrected chi connectivity index (χ0v) is 12.9. The first-order chi connectivity index (χ1) is 9.74. The van der Waals surface area contributed by atoms with Crippen LogP contribution in [-0.4, -0.2) is 31.8 Å². The highest BCUT2D eigenvalue weighted by molar-refractivity contribution is 8.00. The lowest BCUT2D eigenvalue weighted by Crippen LogP contribution is -2.33. The van der Waals surface area contributed by atoms with E-state index in [1.807, 2.05) is 30.0 Å². The van der Waals surface area contributed by atoms with Crippen LogP contribution in [0.4, 0.5) is 5.69 Å². The van der Waals surface area contributed by atoms with Crippen molar-refractivity contribution in [2.24, 2.45) is 0 Å². The lowest BCUT2D eigenvalue weighted by atomic mass is 10.1. The molecule has 2 unspecified atom stereocenters. The van der Waals surface area contributed by atoms with E-state index >= 15 is 0 Å². The molecule has 20 heavy (non-hydrogen) atoms. The summed E-state index contributed by atoms with van der Waals surface area (Å²) in [6.45, 7) is 2.28. The molecule has 0 aliphatic carbocycles. The topological polar surface area (TPSA) is 42.7 Å². The van der Waals surface area contributed by atoms with E-state index in [1.165, 1.54) is 24.9 Å². The highest BCUT2D eigenvalue weighted by atomic mass is 35.5. The highest BCUT2D eigenvalue weighted by Crippen LogP contribution is 2.31. The smallest absolute Gasteiger partial charge is 0.138 e. The number of halogens is 1. The van der Waals surface area contributed by atoms with Crippen molar-refractivity contribution in [2.75, 3.05) is 11.1 Å². The standard InChI is InChI=1S/C14H17ClN4S/c1-10-12(3-2-6-20-10)18-13-7-11(15)4-5-14(13)19-9-16-8-17-19/h4-5,7-10,12,18H,2-3,6H2,1H3. The number of hydrogen-bond acceptors (Lipinski definition) is 4. The Hall–Kier alpha value is -1.20. The molecule has 1 aliphatic rings. The quantitative estimate of drug-likeness (QED) is 0.940. The average Bonchev–Trinajstić information content (AvgIpc) is 2.95. The van der Waals surface area contributed by atoms with E-state index in [0.29, 0.717) is 11.3 Å². The van der Waals surface area contributed by atoms with Crippen LogP contribution in [0.5, 0.6) is 0 Å². The van der Waals surface area contributed by atoms with E-state index in [-0.39, 0.29) is 0 Å². The van der Waals surface area contributed by atoms with Crippen LogP contribution >= 0.6 is 23.4 Å². The summed E-state index contributed by atoms with van der Waals surface area (Å²) in [5.41, 5.74) is 2.00. The fraction of sp³-hybridized carbons (Fsp3) is 0.429. The molecule has 0 spiro atoms. The molecule has 2 aromatic rings. The van der Waals surface area contributed by atoms with Crippen molar-refractivity contribution in [2.45, 2.75) is 31.1 Å². The third kappa shape index (κ3) is 2.94. The first kappa shape index (κ1) is 13.8. The van der Waals surface area contributed by atoms with Gasteiger partial charge in [-0.05, 0) is 36.8 Å². The van der Waals surface area contributed by atoms with Crippen molar-refractivity contribution < 1.29 is 0 Å². The highest BCUT2D eigenvalue weighted by Gasteiger charge is 2.22. The first-order valence-corrected chi connectivity index (χ1v) is 8.19. The molecule has 0 amide bonds. The first-order valence-electron chi connectivity index (χ1n) is 6.77. The van der Waals surface area contributed by atoms with Crippen molar-refractivity contribution in [1.29, 1.82) is 0 Å². The summed E-state index contributed by atoms with van der Waals surface area (Å²) < 4.78 is 1.76. The molecule has 0 radical (unpaired) electrons. The second-order valence-corrected chi connectivity index (χ2v) is 6.89. The molecule has 6 heteroatoms. The van der Waals surface area contributed by atoms with Crippen LogP contribution in [0.3, 0.4) is 0 Å². The average molecular weight is 309 g/mol. The molecule has 0 bridgehead atoms. The van der Waals surface area contributed by atoms with Gasteiger partial charge < -0.3 is 5.32 Å². The number of benzene rings is 1. The van der Waals surface area contributed by atoms with Crippen molar-refractivity contribution in [3.8, 4) is 5.69 Å². The molecular formula is C14H17ClN4S. The second-order valence-electron chi connectivity index (χ2n) is 4.97. The lowest BCUT2D eigenvalue weighted by molar-refractivity contribution is 0.617. The molecule has 1 saturated heterocycles. The maximum absolute atomic E-state index is 6.14. The fourth-order valence-corrected chi connectivity index (χ4v) is 3.78. The Morgan fingerprint density at radius 2 is 2.35 bits per heavy atom. The monoisotopic (exact) mass is 308 g/mol. The second kappa shape index (κ2) is 6.06. The Kier molecular flexibility index (Phi) is 4.17. The van der Waals surface area contributed by atoms with Gasteiger partial charge in [-0.3, -0.25) is 0 Å². The molecule has 1 N–H and O–H groups in total. The molecule has 106 valence electrons. The summed E-state index contributed by atoms with van der Waals surface area (Å²) in [5, 5.41) is 9.17. The van der Waals surface area contributed by atoms with Crippen molar-refractivity contribution in [3.05, 3.63) is 35.9 Å². The van der Waals surface area contributed by atoms with Crippen molar-refractivity contribution in [3.63, 3.8) is 0 Å². The van der Waals surface area contributed by atoms with Crippen LogP contribution < -0.4 is 5.32 Å². The number of hydrogen-bond donors (Lipinski definition) is 1. The SMILES string of the molecule is CC1SCCCC1Nc1cc(Cl)ccc1-n1cncn1. The van der Waals surface area contributed by atoms with Gasteiger partial charge in [-0.2, -0.15) is 16.9 Å². The van der Waals surface area contributed by atoms with Gasteiger partial charge in [0.15, 0.2) is 0 Å².